The van der Waals surface area contributed by atoms with Crippen LogP contribution < -0.4 is 0 Å². The van der Waals surface area contributed by atoms with Gasteiger partial charge in [-0.2, -0.15) is 0 Å². The van der Waals surface area contributed by atoms with E-state index in [0.717, 1.165) is 6.07 Å². The quantitative estimate of drug-likeness (QED) is 0.304. The summed E-state index contributed by atoms with van der Waals surface area (Å²) in [7, 11) is 0. The molecule has 0 nitrogen and oxygen atoms in total. The van der Waals surface area contributed by atoms with Crippen molar-refractivity contribution in [3.8, 4) is 0 Å². The second-order valence-corrected chi connectivity index (χ2v) is 6.28. The third kappa shape index (κ3) is 2.34. The van der Waals surface area contributed by atoms with Gasteiger partial charge in [-0.15, -0.1) is 0 Å². The highest BCUT2D eigenvalue weighted by atomic mass is 127. The molecule has 1 atom stereocenters. The molecule has 0 spiro atoms. The van der Waals surface area contributed by atoms with Crippen molar-refractivity contribution in [1.82, 2.24) is 0 Å². The maximum Gasteiger partial charge on any atom is 0.242 e. The van der Waals surface area contributed by atoms with Gasteiger partial charge in [-0.05, 0) is 50.7 Å². The molecule has 1 rings (SSSR count). The Bertz CT molecular complexity index is 334. The second kappa shape index (κ2) is 3.72. The van der Waals surface area contributed by atoms with Crippen molar-refractivity contribution in [2.45, 2.75) is 2.58 Å². The van der Waals surface area contributed by atoms with Crippen LogP contribution >= 0.6 is 38.5 Å². The minimum Gasteiger partial charge on any atom is -0.214 e. The Morgan fingerprint density at radius 2 is 1.69 bits per heavy atom. The third-order valence-electron chi connectivity index (χ3n) is 1.34. The van der Waals surface area contributed by atoms with E-state index in [4.69, 9.17) is 0 Å². The zero-order valence-electron chi connectivity index (χ0n) is 5.92. The first kappa shape index (κ1) is 11.2. The summed E-state index contributed by atoms with van der Waals surface area (Å²) in [6, 6.07) is 1.51. The maximum atomic E-state index is 13.1. The lowest BCUT2D eigenvalue weighted by Gasteiger charge is -2.11. The van der Waals surface area contributed by atoms with E-state index < -0.39 is 25.6 Å². The van der Waals surface area contributed by atoms with E-state index in [0.29, 0.717) is 6.07 Å². The van der Waals surface area contributed by atoms with Crippen LogP contribution in [0.5, 0.6) is 0 Å². The van der Waals surface area contributed by atoms with Crippen molar-refractivity contribution >= 4 is 38.5 Å². The Kier molecular flexibility index (Phi) is 3.21. The molecule has 13 heavy (non-hydrogen) atoms. The molecule has 6 heteroatoms. The zero-order valence-corrected chi connectivity index (χ0v) is 9.67. The van der Waals surface area contributed by atoms with E-state index in [1.165, 1.54) is 22.6 Å². The molecular weight excluding hydrogens is 367 g/mol. The molecule has 0 aromatic heterocycles. The molecule has 0 aliphatic rings. The van der Waals surface area contributed by atoms with Gasteiger partial charge in [-0.25, -0.2) is 17.6 Å². The van der Waals surface area contributed by atoms with Gasteiger partial charge in [0.1, 0.15) is 0 Å². The largest absolute Gasteiger partial charge is 0.242 e. The van der Waals surface area contributed by atoms with Crippen molar-refractivity contribution < 1.29 is 17.6 Å². The Hall–Kier alpha value is 0.150. The maximum absolute atomic E-state index is 13.1. The number of rotatable bonds is 1. The molecule has 1 aromatic carbocycles. The highest BCUT2D eigenvalue weighted by Gasteiger charge is 2.30. The Morgan fingerprint density at radius 1 is 1.15 bits per heavy atom. The van der Waals surface area contributed by atoms with E-state index in [-0.39, 0.29) is 0 Å². The molecule has 0 aliphatic carbocycles. The topological polar surface area (TPSA) is 0 Å². The van der Waals surface area contributed by atoms with Crippen LogP contribution in [0, 0.1) is 17.5 Å². The number of alkyl halides is 3. The van der Waals surface area contributed by atoms with Crippen LogP contribution in [0.4, 0.5) is 17.6 Å². The summed E-state index contributed by atoms with van der Waals surface area (Å²) in [4.78, 5) is 0. The summed E-state index contributed by atoms with van der Waals surface area (Å²) in [5.41, 5.74) is -0.577. The first-order valence-corrected chi connectivity index (χ1v) is 4.92. The van der Waals surface area contributed by atoms with E-state index >= 15 is 0 Å². The Labute approximate surface area is 93.6 Å². The monoisotopic (exact) mass is 368 g/mol. The van der Waals surface area contributed by atoms with Gasteiger partial charge >= 0.3 is 0 Å². The zero-order chi connectivity index (χ0) is 10.2. The van der Waals surface area contributed by atoms with Crippen molar-refractivity contribution in [3.05, 3.63) is 35.1 Å². The first-order valence-electron chi connectivity index (χ1n) is 3.04. The van der Waals surface area contributed by atoms with Crippen LogP contribution in [-0.4, -0.2) is 0 Å². The summed E-state index contributed by atoms with van der Waals surface area (Å²) in [5.74, 6) is -4.53. The van der Waals surface area contributed by atoms with Gasteiger partial charge in [-0.3, -0.25) is 0 Å². The van der Waals surface area contributed by atoms with Gasteiger partial charge in [-0.1, -0.05) is 0 Å². The van der Waals surface area contributed by atoms with E-state index in [9.17, 15) is 17.6 Å². The van der Waals surface area contributed by atoms with Crippen LogP contribution in [0.3, 0.4) is 0 Å². The molecule has 0 saturated heterocycles. The van der Waals surface area contributed by atoms with Crippen molar-refractivity contribution in [1.29, 1.82) is 0 Å². The molecule has 0 N–H and O–H groups in total. The van der Waals surface area contributed by atoms with E-state index in [1.807, 2.05) is 0 Å². The van der Waals surface area contributed by atoms with Crippen LogP contribution in [0.1, 0.15) is 5.56 Å². The molecule has 0 saturated carbocycles. The summed E-state index contributed by atoms with van der Waals surface area (Å²) >= 11 is 3.70. The average Bonchev–Trinajstić information content (AvgIpc) is 1.98. The third-order valence-corrected chi connectivity index (χ3v) is 2.35. The number of hydrogen-bond acceptors (Lipinski definition) is 0. The van der Waals surface area contributed by atoms with Crippen LogP contribution in [0.25, 0.3) is 0 Å². The van der Waals surface area contributed by atoms with Gasteiger partial charge in [0.25, 0.3) is 0 Å². The summed E-state index contributed by atoms with van der Waals surface area (Å²) < 4.78 is 48.7. The molecule has 0 aliphatic heterocycles. The van der Waals surface area contributed by atoms with Crippen molar-refractivity contribution in [3.63, 3.8) is 0 Å². The SMILES string of the molecule is Fc1ccc(C(F)(Br)I)c(F)c1F. The first-order chi connectivity index (χ1) is 5.84. The number of benzene rings is 1. The van der Waals surface area contributed by atoms with Crippen LogP contribution in [0.2, 0.25) is 0 Å². The van der Waals surface area contributed by atoms with Gasteiger partial charge in [0, 0.05) is 5.56 Å². The summed E-state index contributed by atoms with van der Waals surface area (Å²) in [5, 5.41) is 0. The van der Waals surface area contributed by atoms with Crippen molar-refractivity contribution in [2.75, 3.05) is 0 Å². The molecule has 1 aromatic rings. The van der Waals surface area contributed by atoms with Crippen molar-refractivity contribution in [2.24, 2.45) is 0 Å². The molecule has 0 bridgehead atoms. The highest BCUT2D eigenvalue weighted by Crippen LogP contribution is 2.41. The van der Waals surface area contributed by atoms with Crippen LogP contribution in [-0.2, 0) is 2.58 Å². The smallest absolute Gasteiger partial charge is 0.214 e. The predicted octanol–water partition coefficient (Wildman–Crippen LogP) is 4.01. The fraction of sp³-hybridized carbons (Fsp3) is 0.143. The minimum absolute atomic E-state index is 0.577. The van der Waals surface area contributed by atoms with Crippen LogP contribution in [0.15, 0.2) is 12.1 Å². The molecule has 0 fully saturated rings. The minimum atomic E-state index is -2.23. The molecule has 72 valence electrons. The standard InChI is InChI=1S/C7H2BrF4I/c8-7(12,13)3-1-2-4(9)6(11)5(3)10/h1-2H. The number of hydrogen-bond donors (Lipinski definition) is 0. The van der Waals surface area contributed by atoms with Gasteiger partial charge in [0.2, 0.25) is 2.58 Å². The van der Waals surface area contributed by atoms with E-state index in [1.54, 1.807) is 0 Å². The molecular formula is C7H2BrF4I. The fourth-order valence-electron chi connectivity index (χ4n) is 0.745. The lowest BCUT2D eigenvalue weighted by molar-refractivity contribution is 0.403. The molecule has 0 amide bonds. The molecule has 0 heterocycles. The molecule has 0 radical (unpaired) electrons. The van der Waals surface area contributed by atoms with Gasteiger partial charge in [0.05, 0.1) is 0 Å². The lowest BCUT2D eigenvalue weighted by atomic mass is 10.2. The van der Waals surface area contributed by atoms with Gasteiger partial charge < -0.3 is 0 Å². The second-order valence-electron chi connectivity index (χ2n) is 2.22. The Morgan fingerprint density at radius 3 is 2.15 bits per heavy atom. The highest BCUT2D eigenvalue weighted by molar-refractivity contribution is 14.1. The predicted molar refractivity (Wildman–Crippen MR) is 52.0 cm³/mol. The Balaban J connectivity index is 3.35. The fourth-order valence-corrected chi connectivity index (χ4v) is 1.47. The average molecular weight is 369 g/mol. The summed E-state index contributed by atoms with van der Waals surface area (Å²) in [6.07, 6.45) is 0. The van der Waals surface area contributed by atoms with Gasteiger partial charge in [0.15, 0.2) is 17.5 Å². The number of halogens is 6. The normalized spacial score (nSPS) is 15.5. The van der Waals surface area contributed by atoms with E-state index in [2.05, 4.69) is 15.9 Å². The lowest BCUT2D eigenvalue weighted by Crippen LogP contribution is -2.06. The summed E-state index contributed by atoms with van der Waals surface area (Å²) in [6.45, 7) is 0. The molecule has 1 unspecified atom stereocenters.